The van der Waals surface area contributed by atoms with Crippen LogP contribution < -0.4 is 0 Å². The maximum absolute atomic E-state index is 12.1. The van der Waals surface area contributed by atoms with Gasteiger partial charge in [0.05, 0.1) is 40.9 Å². The summed E-state index contributed by atoms with van der Waals surface area (Å²) in [5, 5.41) is 0. The van der Waals surface area contributed by atoms with E-state index >= 15 is 0 Å². The second-order valence-electron chi connectivity index (χ2n) is 11.8. The average Bonchev–Trinajstić information content (AvgIpc) is 2.81. The van der Waals surface area contributed by atoms with Gasteiger partial charge in [-0.25, -0.2) is 0 Å². The first-order valence-electron chi connectivity index (χ1n) is 15.4. The van der Waals surface area contributed by atoms with Crippen LogP contribution in [0.1, 0.15) is 142 Å². The average molecular weight is 499 g/mol. The Hall–Kier alpha value is -0.610. The van der Waals surface area contributed by atoms with Crippen molar-refractivity contribution in [2.24, 2.45) is 5.92 Å². The molecule has 1 unspecified atom stereocenters. The minimum atomic E-state index is -0.0386. The zero-order valence-electron chi connectivity index (χ0n) is 24.7. The van der Waals surface area contributed by atoms with Crippen LogP contribution in [-0.2, 0) is 14.3 Å². The summed E-state index contributed by atoms with van der Waals surface area (Å²) in [6.45, 7) is 7.72. The summed E-state index contributed by atoms with van der Waals surface area (Å²) >= 11 is 0. The highest BCUT2D eigenvalue weighted by Gasteiger charge is 2.12. The van der Waals surface area contributed by atoms with Gasteiger partial charge < -0.3 is 14.0 Å². The lowest BCUT2D eigenvalue weighted by Crippen LogP contribution is -2.35. The first-order valence-corrected chi connectivity index (χ1v) is 15.4. The molecular weight excluding hydrogens is 434 g/mol. The van der Waals surface area contributed by atoms with Crippen molar-refractivity contribution in [1.29, 1.82) is 0 Å². The number of ether oxygens (including phenoxy) is 2. The number of carbonyl (C=O) groups is 1. The van der Waals surface area contributed by atoms with Gasteiger partial charge in [0.25, 0.3) is 0 Å². The van der Waals surface area contributed by atoms with Crippen molar-refractivity contribution in [3.8, 4) is 0 Å². The molecule has 0 aromatic carbocycles. The van der Waals surface area contributed by atoms with E-state index in [9.17, 15) is 4.79 Å². The Balaban J connectivity index is 3.53. The van der Waals surface area contributed by atoms with Gasteiger partial charge in [-0.15, -0.1) is 0 Å². The lowest BCUT2D eigenvalue weighted by Gasteiger charge is -2.23. The molecule has 210 valence electrons. The molecule has 0 aliphatic carbocycles. The number of esters is 1. The van der Waals surface area contributed by atoms with Crippen molar-refractivity contribution >= 4 is 5.97 Å². The molecule has 4 heteroatoms. The van der Waals surface area contributed by atoms with Gasteiger partial charge in [-0.3, -0.25) is 4.79 Å². The van der Waals surface area contributed by atoms with Crippen LogP contribution >= 0.6 is 0 Å². The number of quaternary nitrogens is 1. The lowest BCUT2D eigenvalue weighted by molar-refractivity contribution is -0.870. The highest BCUT2D eigenvalue weighted by Crippen LogP contribution is 2.14. The molecule has 0 aliphatic heterocycles. The zero-order chi connectivity index (χ0) is 26.0. The van der Waals surface area contributed by atoms with E-state index in [2.05, 4.69) is 35.0 Å². The van der Waals surface area contributed by atoms with Crippen LogP contribution in [0.5, 0.6) is 0 Å². The molecule has 0 saturated heterocycles. The summed E-state index contributed by atoms with van der Waals surface area (Å²) in [6.07, 6.45) is 25.3. The number of unbranched alkanes of at least 4 members (excludes halogenated alkanes) is 15. The van der Waals surface area contributed by atoms with Crippen LogP contribution in [0.2, 0.25) is 0 Å². The molecule has 0 rings (SSSR count). The Morgan fingerprint density at radius 3 is 1.66 bits per heavy atom. The zero-order valence-corrected chi connectivity index (χ0v) is 24.7. The number of hydrogen-bond donors (Lipinski definition) is 0. The molecule has 0 saturated carbocycles. The first-order chi connectivity index (χ1) is 16.9. The van der Waals surface area contributed by atoms with Crippen molar-refractivity contribution in [2.45, 2.75) is 142 Å². The predicted octanol–water partition coefficient (Wildman–Crippen LogP) is 8.71. The molecular formula is C31H64NO3+. The van der Waals surface area contributed by atoms with Gasteiger partial charge >= 0.3 is 5.97 Å². The van der Waals surface area contributed by atoms with Crippen molar-refractivity contribution in [3.63, 3.8) is 0 Å². The van der Waals surface area contributed by atoms with Crippen LogP contribution in [0.4, 0.5) is 0 Å². The van der Waals surface area contributed by atoms with E-state index in [1.807, 2.05) is 0 Å². The third-order valence-corrected chi connectivity index (χ3v) is 6.88. The fraction of sp³-hybridized carbons (Fsp3) is 0.968. The predicted molar refractivity (Wildman–Crippen MR) is 152 cm³/mol. The molecule has 4 nitrogen and oxygen atoms in total. The van der Waals surface area contributed by atoms with Gasteiger partial charge in [0.2, 0.25) is 0 Å². The maximum atomic E-state index is 12.1. The van der Waals surface area contributed by atoms with E-state index < -0.39 is 0 Å². The Morgan fingerprint density at radius 2 is 1.14 bits per heavy atom. The van der Waals surface area contributed by atoms with Crippen LogP contribution in [0, 0.1) is 5.92 Å². The molecule has 0 radical (unpaired) electrons. The van der Waals surface area contributed by atoms with Crippen LogP contribution in [0.25, 0.3) is 0 Å². The highest BCUT2D eigenvalue weighted by atomic mass is 16.5. The Morgan fingerprint density at radius 1 is 0.629 bits per heavy atom. The van der Waals surface area contributed by atoms with E-state index in [1.165, 1.54) is 89.9 Å². The standard InChI is InChI=1S/C31H64NO3/c1-6-8-9-10-11-12-13-14-15-16-17-18-19-23-27-34-28-30(24-7-2)29-35-31(33)25-21-20-22-26-32(3,4)5/h30H,6-29H2,1-5H3/q+1. The quantitative estimate of drug-likeness (QED) is 0.0645. The van der Waals surface area contributed by atoms with E-state index in [-0.39, 0.29) is 5.97 Å². The van der Waals surface area contributed by atoms with Gasteiger partial charge in [-0.2, -0.15) is 0 Å². The molecule has 0 N–H and O–H groups in total. The Bertz CT molecular complexity index is 447. The molecule has 0 aromatic heterocycles. The molecule has 1 atom stereocenters. The highest BCUT2D eigenvalue weighted by molar-refractivity contribution is 5.69. The Labute approximate surface area is 220 Å². The molecule has 0 heterocycles. The summed E-state index contributed by atoms with van der Waals surface area (Å²) in [7, 11) is 6.64. The lowest BCUT2D eigenvalue weighted by atomic mass is 10.0. The van der Waals surface area contributed by atoms with Gasteiger partial charge in [-0.05, 0) is 32.1 Å². The summed E-state index contributed by atoms with van der Waals surface area (Å²) in [4.78, 5) is 12.1. The summed E-state index contributed by atoms with van der Waals surface area (Å²) < 4.78 is 12.5. The maximum Gasteiger partial charge on any atom is 0.305 e. The number of nitrogens with zero attached hydrogens (tertiary/aromatic N) is 1. The first kappa shape index (κ1) is 34.4. The molecule has 0 bridgehead atoms. The third kappa shape index (κ3) is 27.8. The second kappa shape index (κ2) is 25.1. The monoisotopic (exact) mass is 498 g/mol. The van der Waals surface area contributed by atoms with Crippen LogP contribution in [-0.4, -0.2) is 58.0 Å². The minimum Gasteiger partial charge on any atom is -0.465 e. The Kier molecular flexibility index (Phi) is 24.6. The van der Waals surface area contributed by atoms with Crippen LogP contribution in [0.3, 0.4) is 0 Å². The van der Waals surface area contributed by atoms with Gasteiger partial charge in [-0.1, -0.05) is 104 Å². The number of hydrogen-bond acceptors (Lipinski definition) is 3. The molecule has 0 amide bonds. The topological polar surface area (TPSA) is 35.5 Å². The van der Waals surface area contributed by atoms with E-state index in [1.54, 1.807) is 0 Å². The van der Waals surface area contributed by atoms with Gasteiger partial charge in [0.1, 0.15) is 0 Å². The van der Waals surface area contributed by atoms with Gasteiger partial charge in [0.15, 0.2) is 0 Å². The third-order valence-electron chi connectivity index (χ3n) is 6.88. The fourth-order valence-corrected chi connectivity index (χ4v) is 4.59. The van der Waals surface area contributed by atoms with Crippen molar-refractivity contribution < 1.29 is 18.8 Å². The molecule has 0 aliphatic rings. The van der Waals surface area contributed by atoms with Gasteiger partial charge in [0, 0.05) is 18.9 Å². The molecule has 0 aromatic rings. The van der Waals surface area contributed by atoms with E-state index in [0.29, 0.717) is 18.9 Å². The minimum absolute atomic E-state index is 0.0386. The smallest absolute Gasteiger partial charge is 0.305 e. The summed E-state index contributed by atoms with van der Waals surface area (Å²) in [6, 6.07) is 0. The molecule has 0 spiro atoms. The second-order valence-corrected chi connectivity index (χ2v) is 11.8. The van der Waals surface area contributed by atoms with Crippen molar-refractivity contribution in [2.75, 3.05) is 47.5 Å². The normalized spacial score (nSPS) is 12.7. The van der Waals surface area contributed by atoms with E-state index in [4.69, 9.17) is 9.47 Å². The SMILES string of the molecule is CCCCCCCCCCCCCCCCOCC(CCC)COC(=O)CCCCC[N+](C)(C)C. The molecule has 0 fully saturated rings. The van der Waals surface area contributed by atoms with Crippen molar-refractivity contribution in [3.05, 3.63) is 0 Å². The van der Waals surface area contributed by atoms with Crippen LogP contribution in [0.15, 0.2) is 0 Å². The largest absolute Gasteiger partial charge is 0.465 e. The fourth-order valence-electron chi connectivity index (χ4n) is 4.59. The number of rotatable bonds is 27. The summed E-state index contributed by atoms with van der Waals surface area (Å²) in [5.41, 5.74) is 0. The van der Waals surface area contributed by atoms with E-state index in [0.717, 1.165) is 56.3 Å². The molecule has 35 heavy (non-hydrogen) atoms. The number of carbonyl (C=O) groups excluding carboxylic acids is 1. The van der Waals surface area contributed by atoms with Crippen molar-refractivity contribution in [1.82, 2.24) is 0 Å². The summed E-state index contributed by atoms with van der Waals surface area (Å²) in [5.74, 6) is 0.303.